The number of hydrogen-bond donors (Lipinski definition) is 3. The van der Waals surface area contributed by atoms with Crippen LogP contribution in [0.1, 0.15) is 51.2 Å². The van der Waals surface area contributed by atoms with Crippen molar-refractivity contribution < 1.29 is 9.50 Å². The molecule has 0 saturated carbocycles. The number of aliphatic hydroxyl groups excluding tert-OH is 1. The number of aliphatic imine (C=N–C) groups is 1. The molecule has 136 valence electrons. The number of benzene rings is 1. The summed E-state index contributed by atoms with van der Waals surface area (Å²) < 4.78 is 13.6. The third-order valence-electron chi connectivity index (χ3n) is 4.77. The second-order valence-electron chi connectivity index (χ2n) is 6.31. The highest BCUT2D eigenvalue weighted by Gasteiger charge is 2.25. The highest BCUT2D eigenvalue weighted by atomic mass is 19.1. The van der Waals surface area contributed by atoms with Crippen LogP contribution in [0.3, 0.4) is 0 Å². The predicted molar refractivity (Wildman–Crippen MR) is 98.7 cm³/mol. The lowest BCUT2D eigenvalue weighted by molar-refractivity contribution is 0.169. The van der Waals surface area contributed by atoms with Gasteiger partial charge in [0.2, 0.25) is 0 Å². The van der Waals surface area contributed by atoms with Gasteiger partial charge in [-0.15, -0.1) is 0 Å². The Balaban J connectivity index is 2.76. The molecule has 1 aromatic rings. The summed E-state index contributed by atoms with van der Waals surface area (Å²) in [7, 11) is 0. The Hall–Kier alpha value is -1.62. The molecule has 5 heteroatoms. The van der Waals surface area contributed by atoms with Crippen molar-refractivity contribution in [2.24, 2.45) is 10.4 Å². The third kappa shape index (κ3) is 6.11. The Morgan fingerprint density at radius 2 is 1.92 bits per heavy atom. The van der Waals surface area contributed by atoms with E-state index < -0.39 is 0 Å². The highest BCUT2D eigenvalue weighted by Crippen LogP contribution is 2.29. The second kappa shape index (κ2) is 10.3. The lowest BCUT2D eigenvalue weighted by Crippen LogP contribution is -2.43. The first-order valence-electron chi connectivity index (χ1n) is 8.88. The first-order chi connectivity index (χ1) is 11.5. The molecule has 0 heterocycles. The van der Waals surface area contributed by atoms with Crippen molar-refractivity contribution in [2.75, 3.05) is 19.7 Å². The Kier molecular flexibility index (Phi) is 8.76. The first kappa shape index (κ1) is 20.4. The maximum absolute atomic E-state index is 13.6. The molecule has 4 nitrogen and oxygen atoms in total. The molecule has 0 bridgehead atoms. The molecule has 1 aromatic carbocycles. The minimum Gasteiger partial charge on any atom is -0.396 e. The van der Waals surface area contributed by atoms with Crippen LogP contribution in [-0.4, -0.2) is 30.8 Å². The van der Waals surface area contributed by atoms with Gasteiger partial charge in [0.15, 0.2) is 5.96 Å². The fourth-order valence-corrected chi connectivity index (χ4v) is 2.70. The molecule has 0 radical (unpaired) electrons. The molecule has 0 aliphatic carbocycles. The van der Waals surface area contributed by atoms with E-state index in [1.54, 1.807) is 13.0 Å². The average molecular weight is 337 g/mol. The van der Waals surface area contributed by atoms with E-state index in [0.29, 0.717) is 12.1 Å². The van der Waals surface area contributed by atoms with E-state index in [9.17, 15) is 9.50 Å². The van der Waals surface area contributed by atoms with Crippen LogP contribution in [0.15, 0.2) is 23.2 Å². The topological polar surface area (TPSA) is 56.7 Å². The lowest BCUT2D eigenvalue weighted by Gasteiger charge is -2.32. The van der Waals surface area contributed by atoms with Crippen molar-refractivity contribution in [3.05, 3.63) is 35.1 Å². The average Bonchev–Trinajstić information content (AvgIpc) is 2.59. The minimum absolute atomic E-state index is 0.0703. The van der Waals surface area contributed by atoms with Gasteiger partial charge < -0.3 is 15.7 Å². The van der Waals surface area contributed by atoms with E-state index in [0.717, 1.165) is 43.9 Å². The molecule has 0 spiro atoms. The molecular formula is C19H32FN3O. The smallest absolute Gasteiger partial charge is 0.191 e. The molecule has 0 fully saturated rings. The van der Waals surface area contributed by atoms with Crippen LogP contribution < -0.4 is 10.6 Å². The van der Waals surface area contributed by atoms with Crippen molar-refractivity contribution in [3.63, 3.8) is 0 Å². The molecule has 3 N–H and O–H groups in total. The van der Waals surface area contributed by atoms with Crippen LogP contribution in [0.5, 0.6) is 0 Å². The van der Waals surface area contributed by atoms with Crippen molar-refractivity contribution in [1.29, 1.82) is 0 Å². The van der Waals surface area contributed by atoms with Crippen molar-refractivity contribution in [1.82, 2.24) is 10.6 Å². The van der Waals surface area contributed by atoms with Gasteiger partial charge in [-0.25, -0.2) is 9.38 Å². The fourth-order valence-electron chi connectivity index (χ4n) is 2.70. The number of nitrogens with zero attached hydrogens (tertiary/aromatic N) is 1. The van der Waals surface area contributed by atoms with Crippen LogP contribution >= 0.6 is 0 Å². The monoisotopic (exact) mass is 337 g/mol. The summed E-state index contributed by atoms with van der Waals surface area (Å²) in [6.45, 7) is 10.2. The van der Waals surface area contributed by atoms with Crippen LogP contribution in [0.4, 0.5) is 4.39 Å². The zero-order valence-electron chi connectivity index (χ0n) is 15.5. The molecule has 0 aromatic heterocycles. The summed E-state index contributed by atoms with van der Waals surface area (Å²) >= 11 is 0. The van der Waals surface area contributed by atoms with Crippen molar-refractivity contribution in [3.8, 4) is 0 Å². The van der Waals surface area contributed by atoms with E-state index in [1.165, 1.54) is 6.07 Å². The molecule has 0 amide bonds. The number of guanidine groups is 1. The summed E-state index contributed by atoms with van der Waals surface area (Å²) in [4.78, 5) is 4.55. The van der Waals surface area contributed by atoms with Gasteiger partial charge in [0.25, 0.3) is 0 Å². The zero-order valence-corrected chi connectivity index (χ0v) is 15.5. The molecule has 24 heavy (non-hydrogen) atoms. The highest BCUT2D eigenvalue weighted by molar-refractivity contribution is 5.79. The summed E-state index contributed by atoms with van der Waals surface area (Å²) in [5.74, 6) is 0.530. The maximum atomic E-state index is 13.6. The van der Waals surface area contributed by atoms with Crippen LogP contribution in [0, 0.1) is 18.2 Å². The molecule has 0 unspecified atom stereocenters. The van der Waals surface area contributed by atoms with E-state index in [2.05, 4.69) is 29.5 Å². The van der Waals surface area contributed by atoms with Crippen LogP contribution in [-0.2, 0) is 6.54 Å². The normalized spacial score (nSPS) is 12.3. The van der Waals surface area contributed by atoms with Gasteiger partial charge >= 0.3 is 0 Å². The Morgan fingerprint density at radius 3 is 2.46 bits per heavy atom. The van der Waals surface area contributed by atoms with Crippen molar-refractivity contribution >= 4 is 5.96 Å². The van der Waals surface area contributed by atoms with E-state index in [1.807, 2.05) is 13.0 Å². The van der Waals surface area contributed by atoms with Gasteiger partial charge in [0.05, 0.1) is 6.54 Å². The van der Waals surface area contributed by atoms with E-state index in [4.69, 9.17) is 0 Å². The van der Waals surface area contributed by atoms with Crippen LogP contribution in [0.25, 0.3) is 0 Å². The number of nitrogens with one attached hydrogen (secondary N) is 2. The lowest BCUT2D eigenvalue weighted by atomic mass is 9.79. The van der Waals surface area contributed by atoms with Crippen LogP contribution in [0.2, 0.25) is 0 Å². The van der Waals surface area contributed by atoms with Gasteiger partial charge in [-0.3, -0.25) is 0 Å². The minimum atomic E-state index is -0.195. The van der Waals surface area contributed by atoms with E-state index in [-0.39, 0.29) is 17.8 Å². The molecule has 0 atom stereocenters. The molecule has 0 aliphatic heterocycles. The number of aryl methyl sites for hydroxylation is 1. The number of rotatable bonds is 9. The van der Waals surface area contributed by atoms with Gasteiger partial charge in [-0.2, -0.15) is 0 Å². The summed E-state index contributed by atoms with van der Waals surface area (Å²) in [5.41, 5.74) is 1.57. The molecular weight excluding hydrogens is 305 g/mol. The zero-order chi connectivity index (χ0) is 18.0. The van der Waals surface area contributed by atoms with Gasteiger partial charge in [0.1, 0.15) is 5.82 Å². The molecule has 0 aliphatic rings. The van der Waals surface area contributed by atoms with Gasteiger partial charge in [-0.1, -0.05) is 26.0 Å². The number of halogens is 1. The fraction of sp³-hybridized carbons (Fsp3) is 0.632. The summed E-state index contributed by atoms with van der Waals surface area (Å²) in [6.07, 6.45) is 2.77. The SMILES string of the molecule is CCNC(=NCc1ccc(C)c(F)c1)NCC(CC)(CC)CCO. The standard InChI is InChI=1S/C19H32FN3O/c1-5-19(6-2,10-11-24)14-23-18(21-7-3)22-13-16-9-8-15(4)17(20)12-16/h8-9,12,24H,5-7,10-11,13-14H2,1-4H3,(H2,21,22,23). The predicted octanol–water partition coefficient (Wildman–Crippen LogP) is 3.38. The summed E-state index contributed by atoms with van der Waals surface area (Å²) in [5, 5.41) is 15.9. The number of aliphatic hydroxyl groups is 1. The molecule has 1 rings (SSSR count). The Bertz CT molecular complexity index is 527. The first-order valence-corrected chi connectivity index (χ1v) is 8.88. The Labute approximate surface area is 145 Å². The van der Waals surface area contributed by atoms with Crippen molar-refractivity contribution in [2.45, 2.75) is 53.5 Å². The third-order valence-corrected chi connectivity index (χ3v) is 4.77. The quantitative estimate of drug-likeness (QED) is 0.478. The molecule has 0 saturated heterocycles. The Morgan fingerprint density at radius 1 is 1.21 bits per heavy atom. The largest absolute Gasteiger partial charge is 0.396 e. The maximum Gasteiger partial charge on any atom is 0.191 e. The van der Waals surface area contributed by atoms with Gasteiger partial charge in [-0.05, 0) is 55.7 Å². The number of hydrogen-bond acceptors (Lipinski definition) is 2. The van der Waals surface area contributed by atoms with E-state index >= 15 is 0 Å². The second-order valence-corrected chi connectivity index (χ2v) is 6.31. The summed E-state index contributed by atoms with van der Waals surface area (Å²) in [6, 6.07) is 5.22. The van der Waals surface area contributed by atoms with Gasteiger partial charge in [0, 0.05) is 19.7 Å².